The molecule has 7 N–H and O–H groups in total. The van der Waals surface area contributed by atoms with Gasteiger partial charge in [-0.05, 0) is 93.8 Å². The number of aliphatic carboxylic acids is 1. The number of carboxylic acids is 1. The number of nitrogens with two attached hydrogens (primary N) is 1. The Morgan fingerprint density at radius 2 is 1.33 bits per heavy atom. The SMILES string of the molecule is CC1(C)C(/C=C/C=C/C=C2\N(CCCS(=O)(=O)[O-])c3ccc(S(=O)(=O)O)cc3C2(C)C)=[N+](CCCCCCC(=O)NCCC(=O)N2Cc3ccccc3-c3nnn(CCOCCOCCOCCNC(=O)CCCCCNC(=O)[C@H](N)CCC(=O)O)c3-c3ccccc32)c2ccccc21. The van der Waals surface area contributed by atoms with Crippen LogP contribution in [-0.4, -0.2) is 170 Å². The molecule has 0 radical (unpaired) electrons. The summed E-state index contributed by atoms with van der Waals surface area (Å²) in [7, 11) is -8.95. The summed E-state index contributed by atoms with van der Waals surface area (Å²) < 4.78 is 90.1. The molecule has 0 bridgehead atoms. The normalized spacial score (nSPS) is 15.3. The van der Waals surface area contributed by atoms with Gasteiger partial charge in [-0.3, -0.25) is 28.5 Å². The van der Waals surface area contributed by atoms with Crippen LogP contribution in [0.4, 0.5) is 17.1 Å². The fraction of sp³-hybridized carbons (Fsp3) is 0.472. The summed E-state index contributed by atoms with van der Waals surface area (Å²) in [6.45, 7) is 12.8. The zero-order valence-corrected chi connectivity index (χ0v) is 58.6. The molecule has 1 atom stereocenters. The number of nitrogens with one attached hydrogen (secondary N) is 3. The number of nitrogens with zero attached hydrogens (tertiary/aromatic N) is 6. The Hall–Kier alpha value is -8.28. The standard InChI is InChI=1S/C72H94N10O15S2/c1-71(2)56-25-16-18-27-60(56)79(62(71)28-9-7-10-29-63-72(3,4)57-50-53(99(92,93)94)32-34-61(57)80(63)41-21-49-98(89,90)91)40-20-6-5-11-30-64(83)74-38-36-66(85)81-51-52-22-13-14-23-54(52)68-69(55-24-15-17-26-59(55)81)82(78-77-68)42-44-96-46-48-97-47-45-95-43-39-75-65(84)31-12-8-19-37-76-70(88)58(73)33-35-67(86)87/h7,9-10,13-18,22-29,32,34,50,58H,5-6,8,11-12,19-21,30-31,33,35-49,51,73H2,1-4H3,(H5-,74,75,76,83,84,86,87,88,89,90,91,92,93,94)/t58-/m1/s1. The largest absolute Gasteiger partial charge is 0.748 e. The molecule has 3 aliphatic rings. The first-order valence-corrected chi connectivity index (χ1v) is 36.9. The molecule has 0 saturated heterocycles. The Balaban J connectivity index is 0.756. The minimum Gasteiger partial charge on any atom is -0.748 e. The molecule has 0 saturated carbocycles. The second-order valence-corrected chi connectivity index (χ2v) is 28.7. The number of ether oxygens (including phenoxy) is 3. The second kappa shape index (κ2) is 36.2. The highest BCUT2D eigenvalue weighted by molar-refractivity contribution is 7.86. The van der Waals surface area contributed by atoms with Crippen LogP contribution in [0.3, 0.4) is 0 Å². The maximum Gasteiger partial charge on any atom is 0.303 e. The topological polar surface area (TPSA) is 347 Å². The van der Waals surface area contributed by atoms with Crippen molar-refractivity contribution < 1.29 is 73.8 Å². The van der Waals surface area contributed by atoms with Gasteiger partial charge in [0.1, 0.15) is 12.2 Å². The van der Waals surface area contributed by atoms with Gasteiger partial charge in [-0.2, -0.15) is 13.0 Å². The van der Waals surface area contributed by atoms with E-state index in [0.29, 0.717) is 121 Å². The van der Waals surface area contributed by atoms with E-state index >= 15 is 0 Å². The van der Waals surface area contributed by atoms with Gasteiger partial charge in [0.05, 0.1) is 90.6 Å². The number of unbranched alkanes of at least 4 members (excludes halogenated alkanes) is 5. The van der Waals surface area contributed by atoms with Crippen molar-refractivity contribution in [2.24, 2.45) is 5.73 Å². The number of carbonyl (C=O) groups excluding carboxylic acids is 4. The number of carboxylic acid groups (broad SMARTS) is 1. The Morgan fingerprint density at radius 1 is 0.677 bits per heavy atom. The quantitative estimate of drug-likeness (QED) is 0.00935. The molecule has 25 nitrogen and oxygen atoms in total. The number of hydrogen-bond donors (Lipinski definition) is 6. The van der Waals surface area contributed by atoms with E-state index in [4.69, 9.17) is 25.1 Å². The maximum absolute atomic E-state index is 14.3. The number of para-hydroxylation sites is 2. The van der Waals surface area contributed by atoms with Crippen molar-refractivity contribution in [3.63, 3.8) is 0 Å². The first kappa shape index (κ1) is 76.5. The molecule has 27 heteroatoms. The van der Waals surface area contributed by atoms with Gasteiger partial charge in [-0.1, -0.05) is 111 Å². The van der Waals surface area contributed by atoms with Crippen LogP contribution in [0.25, 0.3) is 22.5 Å². The van der Waals surface area contributed by atoms with E-state index in [0.717, 1.165) is 71.7 Å². The van der Waals surface area contributed by atoms with Gasteiger partial charge in [0.15, 0.2) is 5.71 Å². The number of hydrogen-bond acceptors (Lipinski definition) is 17. The molecule has 3 aliphatic heterocycles. The minimum absolute atomic E-state index is 0.0579. The van der Waals surface area contributed by atoms with Crippen LogP contribution in [0.1, 0.15) is 128 Å². The molecular formula is C72H94N10O15S2. The monoisotopic (exact) mass is 1400 g/mol. The average molecular weight is 1400 g/mol. The number of benzene rings is 4. The molecule has 8 rings (SSSR count). The van der Waals surface area contributed by atoms with Gasteiger partial charge in [-0.15, -0.1) is 5.10 Å². The fourth-order valence-corrected chi connectivity index (χ4v) is 13.7. The first-order chi connectivity index (χ1) is 47.4. The fourth-order valence-electron chi connectivity index (χ4n) is 12.7. The average Bonchev–Trinajstić information content (AvgIpc) is 1.66. The van der Waals surface area contributed by atoms with Crippen molar-refractivity contribution in [1.82, 2.24) is 30.9 Å². The van der Waals surface area contributed by atoms with E-state index in [9.17, 15) is 49.9 Å². The number of amides is 4. The van der Waals surface area contributed by atoms with Crippen LogP contribution in [0.2, 0.25) is 0 Å². The number of rotatable bonds is 40. The third-order valence-corrected chi connectivity index (χ3v) is 19.5. The van der Waals surface area contributed by atoms with Crippen LogP contribution >= 0.6 is 0 Å². The molecule has 99 heavy (non-hydrogen) atoms. The van der Waals surface area contributed by atoms with Gasteiger partial charge < -0.3 is 55.4 Å². The molecular weight excluding hydrogens is 1310 g/mol. The Morgan fingerprint density at radius 3 is 2.06 bits per heavy atom. The predicted molar refractivity (Wildman–Crippen MR) is 376 cm³/mol. The predicted octanol–water partition coefficient (Wildman–Crippen LogP) is 8.00. The lowest BCUT2D eigenvalue weighted by atomic mass is 9.81. The smallest absolute Gasteiger partial charge is 0.303 e. The van der Waals surface area contributed by atoms with Crippen LogP contribution < -0.4 is 31.5 Å². The van der Waals surface area contributed by atoms with E-state index in [1.54, 1.807) is 15.6 Å². The molecule has 4 heterocycles. The Bertz CT molecular complexity index is 4010. The third kappa shape index (κ3) is 21.4. The summed E-state index contributed by atoms with van der Waals surface area (Å²) in [6, 6.07) is 27.4. The third-order valence-electron chi connectivity index (χ3n) is 17.9. The van der Waals surface area contributed by atoms with E-state index in [2.05, 4.69) is 62.9 Å². The van der Waals surface area contributed by atoms with Crippen LogP contribution in [0, 0.1) is 0 Å². The number of aromatic nitrogens is 3. The summed E-state index contributed by atoms with van der Waals surface area (Å²) in [5, 5.41) is 26.5. The van der Waals surface area contributed by atoms with Gasteiger partial charge >= 0.3 is 5.97 Å². The molecule has 0 fully saturated rings. The summed E-state index contributed by atoms with van der Waals surface area (Å²) in [5.41, 5.74) is 14.9. The van der Waals surface area contributed by atoms with Crippen molar-refractivity contribution in [2.75, 3.05) is 87.9 Å². The molecule has 5 aromatic rings. The highest BCUT2D eigenvalue weighted by Gasteiger charge is 2.44. The summed E-state index contributed by atoms with van der Waals surface area (Å²) in [6.07, 6.45) is 15.9. The maximum atomic E-state index is 14.3. The molecule has 4 amide bonds. The van der Waals surface area contributed by atoms with Gasteiger partial charge in [0.2, 0.25) is 29.3 Å². The number of allylic oxidation sites excluding steroid dienone is 6. The molecule has 534 valence electrons. The van der Waals surface area contributed by atoms with Gasteiger partial charge in [0, 0.05) is 110 Å². The highest BCUT2D eigenvalue weighted by atomic mass is 32.2. The van der Waals surface area contributed by atoms with E-state index in [1.807, 2.05) is 104 Å². The lowest BCUT2D eigenvalue weighted by Gasteiger charge is -2.29. The van der Waals surface area contributed by atoms with E-state index in [1.165, 1.54) is 17.7 Å². The minimum atomic E-state index is -4.49. The molecule has 1 aromatic heterocycles. The van der Waals surface area contributed by atoms with Crippen molar-refractivity contribution in [2.45, 2.75) is 146 Å². The molecule has 0 aliphatic carbocycles. The van der Waals surface area contributed by atoms with Crippen molar-refractivity contribution in [1.29, 1.82) is 0 Å². The van der Waals surface area contributed by atoms with Crippen LogP contribution in [0.5, 0.6) is 0 Å². The Kier molecular flexibility index (Phi) is 27.9. The zero-order chi connectivity index (χ0) is 71.2. The molecule has 0 unspecified atom stereocenters. The van der Waals surface area contributed by atoms with E-state index < -0.39 is 43.4 Å². The summed E-state index contributed by atoms with van der Waals surface area (Å²) in [5.74, 6) is -2.28. The van der Waals surface area contributed by atoms with Gasteiger partial charge in [-0.25, -0.2) is 13.1 Å². The Labute approximate surface area is 580 Å². The summed E-state index contributed by atoms with van der Waals surface area (Å²) in [4.78, 5) is 65.9. The lowest BCUT2D eigenvalue weighted by Crippen LogP contribution is -2.41. The second-order valence-electron chi connectivity index (χ2n) is 25.8. The zero-order valence-electron chi connectivity index (χ0n) is 57.0. The molecule has 4 aromatic carbocycles. The molecule has 0 spiro atoms. The first-order valence-electron chi connectivity index (χ1n) is 33.9. The van der Waals surface area contributed by atoms with E-state index in [-0.39, 0.29) is 72.7 Å². The summed E-state index contributed by atoms with van der Waals surface area (Å²) >= 11 is 0. The van der Waals surface area contributed by atoms with Crippen molar-refractivity contribution in [3.8, 4) is 22.5 Å². The number of fused-ring (bicyclic) bond motifs is 7. The van der Waals surface area contributed by atoms with Gasteiger partial charge in [0.25, 0.3) is 10.1 Å². The van der Waals surface area contributed by atoms with Crippen LogP contribution in [0.15, 0.2) is 132 Å². The highest BCUT2D eigenvalue weighted by Crippen LogP contribution is 2.49. The van der Waals surface area contributed by atoms with Crippen molar-refractivity contribution in [3.05, 3.63) is 144 Å². The van der Waals surface area contributed by atoms with Crippen molar-refractivity contribution >= 4 is 72.6 Å². The lowest BCUT2D eigenvalue weighted by molar-refractivity contribution is -0.438. The number of anilines is 2. The number of carbonyl (C=O) groups is 5. The van der Waals surface area contributed by atoms with Crippen LogP contribution in [-0.2, 0) is 82.3 Å².